The van der Waals surface area contributed by atoms with Crippen LogP contribution in [0.5, 0.6) is 0 Å². The largest absolute Gasteiger partial charge is 0.338 e. The van der Waals surface area contributed by atoms with Crippen molar-refractivity contribution >= 4 is 27.3 Å². The molecule has 3 aromatic rings. The van der Waals surface area contributed by atoms with E-state index in [9.17, 15) is 4.79 Å². The van der Waals surface area contributed by atoms with Crippen molar-refractivity contribution in [1.29, 1.82) is 0 Å². The van der Waals surface area contributed by atoms with Gasteiger partial charge in [0, 0.05) is 34.5 Å². The van der Waals surface area contributed by atoms with Crippen molar-refractivity contribution in [3.63, 3.8) is 0 Å². The molecule has 2 aromatic carbocycles. The Labute approximate surface area is 134 Å². The fraction of sp³-hybridized carbons (Fsp3) is 0.211. The van der Waals surface area contributed by atoms with Crippen molar-refractivity contribution in [3.8, 4) is 0 Å². The molecule has 0 N–H and O–H groups in total. The Bertz CT molecular complexity index is 808. The van der Waals surface area contributed by atoms with Crippen molar-refractivity contribution in [2.24, 2.45) is 0 Å². The number of fused-ring (bicyclic) bond motifs is 1. The number of thiophene rings is 1. The molecule has 0 aliphatic carbocycles. The number of benzene rings is 2. The minimum absolute atomic E-state index is 0.177. The summed E-state index contributed by atoms with van der Waals surface area (Å²) in [6.07, 6.45) is 1.05. The minimum Gasteiger partial charge on any atom is -0.338 e. The van der Waals surface area contributed by atoms with Crippen LogP contribution in [-0.4, -0.2) is 23.9 Å². The molecule has 1 aliphatic rings. The fourth-order valence-electron chi connectivity index (χ4n) is 3.26. The van der Waals surface area contributed by atoms with Crippen molar-refractivity contribution < 1.29 is 4.79 Å². The van der Waals surface area contributed by atoms with Gasteiger partial charge in [-0.2, -0.15) is 0 Å². The molecule has 1 atom stereocenters. The summed E-state index contributed by atoms with van der Waals surface area (Å²) >= 11 is 1.65. The molecule has 1 amide bonds. The second-order valence-electron chi connectivity index (χ2n) is 5.79. The van der Waals surface area contributed by atoms with E-state index in [4.69, 9.17) is 0 Å². The first-order valence-electron chi connectivity index (χ1n) is 7.63. The van der Waals surface area contributed by atoms with Gasteiger partial charge in [-0.1, -0.05) is 48.5 Å². The first-order chi connectivity index (χ1) is 10.8. The van der Waals surface area contributed by atoms with Gasteiger partial charge in [0.15, 0.2) is 0 Å². The van der Waals surface area contributed by atoms with Gasteiger partial charge in [0.25, 0.3) is 5.91 Å². The quantitative estimate of drug-likeness (QED) is 0.681. The van der Waals surface area contributed by atoms with E-state index in [1.54, 1.807) is 11.3 Å². The zero-order valence-electron chi connectivity index (χ0n) is 12.2. The molecule has 1 fully saturated rings. The van der Waals surface area contributed by atoms with E-state index in [0.29, 0.717) is 5.92 Å². The van der Waals surface area contributed by atoms with Gasteiger partial charge in [-0.15, -0.1) is 11.3 Å². The lowest BCUT2D eigenvalue weighted by Gasteiger charge is -2.16. The van der Waals surface area contributed by atoms with E-state index in [-0.39, 0.29) is 5.91 Å². The molecule has 3 heteroatoms. The Morgan fingerprint density at radius 3 is 2.68 bits per heavy atom. The number of carbonyl (C=O) groups is 1. The summed E-state index contributed by atoms with van der Waals surface area (Å²) in [6.45, 7) is 1.68. The third kappa shape index (κ3) is 2.32. The molecular formula is C19H17NOS. The van der Waals surface area contributed by atoms with Crippen LogP contribution >= 0.6 is 11.3 Å². The summed E-state index contributed by atoms with van der Waals surface area (Å²) in [5, 5.41) is 3.09. The summed E-state index contributed by atoms with van der Waals surface area (Å²) in [7, 11) is 0. The number of amides is 1. The molecule has 0 radical (unpaired) electrons. The molecule has 4 rings (SSSR count). The van der Waals surface area contributed by atoms with Crippen LogP contribution in [0.3, 0.4) is 0 Å². The Hall–Kier alpha value is -2.13. The highest BCUT2D eigenvalue weighted by atomic mass is 32.1. The molecule has 2 nitrogen and oxygen atoms in total. The maximum atomic E-state index is 12.8. The van der Waals surface area contributed by atoms with E-state index in [1.807, 2.05) is 34.5 Å². The van der Waals surface area contributed by atoms with E-state index < -0.39 is 0 Å². The predicted molar refractivity (Wildman–Crippen MR) is 91.5 cm³/mol. The van der Waals surface area contributed by atoms with Gasteiger partial charge in [0.1, 0.15) is 0 Å². The second-order valence-corrected chi connectivity index (χ2v) is 6.70. The van der Waals surface area contributed by atoms with Crippen LogP contribution in [0.15, 0.2) is 60.0 Å². The van der Waals surface area contributed by atoms with E-state index >= 15 is 0 Å². The third-order valence-electron chi connectivity index (χ3n) is 4.46. The summed E-state index contributed by atoms with van der Waals surface area (Å²) in [6, 6.07) is 18.7. The summed E-state index contributed by atoms with van der Waals surface area (Å²) in [5.74, 6) is 0.644. The van der Waals surface area contributed by atoms with Crippen LogP contribution in [0.1, 0.15) is 28.3 Å². The average Bonchev–Trinajstić information content (AvgIpc) is 3.22. The van der Waals surface area contributed by atoms with Crippen LogP contribution in [0.2, 0.25) is 0 Å². The van der Waals surface area contributed by atoms with Crippen LogP contribution in [0.4, 0.5) is 0 Å². The van der Waals surface area contributed by atoms with E-state index in [0.717, 1.165) is 30.5 Å². The lowest BCUT2D eigenvalue weighted by Crippen LogP contribution is -2.28. The zero-order chi connectivity index (χ0) is 14.9. The maximum absolute atomic E-state index is 12.8. The highest BCUT2D eigenvalue weighted by molar-refractivity contribution is 7.17. The van der Waals surface area contributed by atoms with Crippen LogP contribution in [0.25, 0.3) is 10.1 Å². The molecule has 110 valence electrons. The molecular weight excluding hydrogens is 290 g/mol. The van der Waals surface area contributed by atoms with Gasteiger partial charge in [-0.3, -0.25) is 4.79 Å². The monoisotopic (exact) mass is 307 g/mol. The number of rotatable bonds is 2. The Kier molecular flexibility index (Phi) is 3.43. The van der Waals surface area contributed by atoms with Gasteiger partial charge < -0.3 is 4.90 Å². The number of likely N-dealkylation sites (tertiary alicyclic amines) is 1. The number of hydrogen-bond acceptors (Lipinski definition) is 2. The molecule has 0 saturated carbocycles. The average molecular weight is 307 g/mol. The Morgan fingerprint density at radius 1 is 1.05 bits per heavy atom. The van der Waals surface area contributed by atoms with Gasteiger partial charge in [0.2, 0.25) is 0 Å². The van der Waals surface area contributed by atoms with Gasteiger partial charge in [0.05, 0.1) is 5.56 Å². The predicted octanol–water partition coefficient (Wildman–Crippen LogP) is 4.53. The van der Waals surface area contributed by atoms with Gasteiger partial charge in [-0.25, -0.2) is 0 Å². The molecule has 1 aliphatic heterocycles. The standard InChI is InChI=1S/C19H17NOS/c21-19(17-13-22-18-9-5-4-8-16(17)18)20-11-10-15(12-20)14-6-2-1-3-7-14/h1-9,13,15H,10-12H2/t15-/m0/s1. The summed E-state index contributed by atoms with van der Waals surface area (Å²) in [4.78, 5) is 14.8. The minimum atomic E-state index is 0.177. The van der Waals surface area contributed by atoms with Crippen LogP contribution < -0.4 is 0 Å². The normalized spacial score (nSPS) is 18.0. The number of carbonyl (C=O) groups excluding carboxylic acids is 1. The first kappa shape index (κ1) is 13.5. The number of hydrogen-bond donors (Lipinski definition) is 0. The van der Waals surface area contributed by atoms with Crippen LogP contribution in [0, 0.1) is 0 Å². The number of nitrogens with zero attached hydrogens (tertiary/aromatic N) is 1. The summed E-state index contributed by atoms with van der Waals surface area (Å²) in [5.41, 5.74) is 2.20. The lowest BCUT2D eigenvalue weighted by molar-refractivity contribution is 0.0793. The first-order valence-corrected chi connectivity index (χ1v) is 8.51. The van der Waals surface area contributed by atoms with Gasteiger partial charge in [-0.05, 0) is 18.1 Å². The van der Waals surface area contributed by atoms with Crippen molar-refractivity contribution in [1.82, 2.24) is 4.90 Å². The molecule has 0 unspecified atom stereocenters. The third-order valence-corrected chi connectivity index (χ3v) is 5.42. The summed E-state index contributed by atoms with van der Waals surface area (Å²) < 4.78 is 1.18. The van der Waals surface area contributed by atoms with E-state index in [1.165, 1.54) is 10.3 Å². The second kappa shape index (κ2) is 5.58. The molecule has 1 saturated heterocycles. The Morgan fingerprint density at radius 2 is 1.82 bits per heavy atom. The highest BCUT2D eigenvalue weighted by Gasteiger charge is 2.28. The topological polar surface area (TPSA) is 20.3 Å². The molecule has 22 heavy (non-hydrogen) atoms. The fourth-order valence-corrected chi connectivity index (χ4v) is 4.19. The smallest absolute Gasteiger partial charge is 0.255 e. The van der Waals surface area contributed by atoms with Gasteiger partial charge >= 0.3 is 0 Å². The van der Waals surface area contributed by atoms with Crippen molar-refractivity contribution in [3.05, 3.63) is 71.1 Å². The van der Waals surface area contributed by atoms with Crippen molar-refractivity contribution in [2.75, 3.05) is 13.1 Å². The SMILES string of the molecule is O=C(c1csc2ccccc12)N1CC[C@H](c2ccccc2)C1. The Balaban J connectivity index is 1.57. The van der Waals surface area contributed by atoms with Crippen molar-refractivity contribution in [2.45, 2.75) is 12.3 Å². The molecule has 0 bridgehead atoms. The molecule has 1 aromatic heterocycles. The highest BCUT2D eigenvalue weighted by Crippen LogP contribution is 2.31. The maximum Gasteiger partial charge on any atom is 0.255 e. The molecule has 0 spiro atoms. The molecule has 2 heterocycles. The zero-order valence-corrected chi connectivity index (χ0v) is 13.1. The van der Waals surface area contributed by atoms with E-state index in [2.05, 4.69) is 30.3 Å². The van der Waals surface area contributed by atoms with Crippen LogP contribution in [-0.2, 0) is 0 Å². The lowest BCUT2D eigenvalue weighted by atomic mass is 9.99.